The molecule has 0 saturated heterocycles. The number of sulfone groups is 1. The van der Waals surface area contributed by atoms with Crippen LogP contribution in [0.4, 0.5) is 0 Å². The fourth-order valence-corrected chi connectivity index (χ4v) is 3.85. The van der Waals surface area contributed by atoms with Crippen molar-refractivity contribution < 1.29 is 18.0 Å². The normalized spacial score (nSPS) is 10.8. The summed E-state index contributed by atoms with van der Waals surface area (Å²) in [6.45, 7) is 3.44. The first-order valence-corrected chi connectivity index (χ1v) is 7.99. The Hall–Kier alpha value is -2.56. The monoisotopic (exact) mass is 314 g/mol. The molecule has 0 N–H and O–H groups in total. The molecule has 0 atom stereocenters. The smallest absolute Gasteiger partial charge is 0.328 e. The summed E-state index contributed by atoms with van der Waals surface area (Å²) in [4.78, 5) is 14.7. The molecule has 0 amide bonds. The maximum absolute atomic E-state index is 12.8. The van der Waals surface area contributed by atoms with Crippen LogP contribution in [0.15, 0.2) is 52.3 Å². The summed E-state index contributed by atoms with van der Waals surface area (Å²) in [5, 5.41) is 0. The maximum Gasteiger partial charge on any atom is 0.328 e. The van der Waals surface area contributed by atoms with Crippen molar-refractivity contribution in [2.45, 2.75) is 23.6 Å². The Kier molecular flexibility index (Phi) is 4.35. The van der Waals surface area contributed by atoms with Crippen LogP contribution in [0.1, 0.15) is 21.5 Å². The molecule has 0 aliphatic carbocycles. The summed E-state index contributed by atoms with van der Waals surface area (Å²) in [6, 6.07) is 11.1. The summed E-state index contributed by atoms with van der Waals surface area (Å²) in [5.74, 6) is -0.668. The van der Waals surface area contributed by atoms with E-state index < -0.39 is 15.6 Å². The van der Waals surface area contributed by atoms with E-state index >= 15 is 0 Å². The number of ketones is 1. The van der Waals surface area contributed by atoms with E-state index in [4.69, 9.17) is 5.53 Å². The van der Waals surface area contributed by atoms with Crippen molar-refractivity contribution in [2.75, 3.05) is 0 Å². The highest BCUT2D eigenvalue weighted by molar-refractivity contribution is 7.91. The third-order valence-corrected chi connectivity index (χ3v) is 5.22. The molecule has 2 rings (SSSR count). The topological polar surface area (TPSA) is 87.6 Å². The zero-order chi connectivity index (χ0) is 16.3. The SMILES string of the molecule is Cc1ccc(S(=O)(=O)c2ccccc2C)c(C(=O)C=[N+]=[N-])c1. The van der Waals surface area contributed by atoms with Gasteiger partial charge in [0.25, 0.3) is 5.78 Å². The van der Waals surface area contributed by atoms with Crippen LogP contribution in [-0.2, 0) is 9.84 Å². The van der Waals surface area contributed by atoms with Crippen LogP contribution >= 0.6 is 0 Å². The molecule has 0 aromatic heterocycles. The molecule has 0 spiro atoms. The predicted octanol–water partition coefficient (Wildman–Crippen LogP) is 2.62. The Bertz CT molecular complexity index is 895. The Morgan fingerprint density at radius 3 is 2.41 bits per heavy atom. The van der Waals surface area contributed by atoms with E-state index in [1.54, 1.807) is 38.1 Å². The second kappa shape index (κ2) is 6.05. The van der Waals surface area contributed by atoms with Gasteiger partial charge in [-0.2, -0.15) is 4.79 Å². The highest BCUT2D eigenvalue weighted by atomic mass is 32.2. The van der Waals surface area contributed by atoms with Gasteiger partial charge in [0, 0.05) is 5.56 Å². The van der Waals surface area contributed by atoms with Crippen molar-refractivity contribution in [1.82, 2.24) is 0 Å². The first-order chi connectivity index (χ1) is 10.4. The molecule has 2 aromatic rings. The molecule has 0 saturated carbocycles. The fourth-order valence-electron chi connectivity index (χ4n) is 2.17. The third-order valence-electron chi connectivity index (χ3n) is 3.25. The van der Waals surface area contributed by atoms with Crippen LogP contribution in [-0.4, -0.2) is 25.2 Å². The molecular formula is C16H14N2O3S. The van der Waals surface area contributed by atoms with E-state index in [9.17, 15) is 13.2 Å². The Balaban J connectivity index is 2.74. The zero-order valence-corrected chi connectivity index (χ0v) is 13.0. The molecule has 0 unspecified atom stereocenters. The maximum atomic E-state index is 12.8. The molecule has 0 bridgehead atoms. The lowest BCUT2D eigenvalue weighted by Gasteiger charge is -2.10. The second-order valence-electron chi connectivity index (χ2n) is 4.88. The average molecular weight is 314 g/mol. The Morgan fingerprint density at radius 1 is 1.09 bits per heavy atom. The fraction of sp³-hybridized carbons (Fsp3) is 0.125. The van der Waals surface area contributed by atoms with E-state index in [0.29, 0.717) is 11.8 Å². The molecule has 6 heteroatoms. The number of aryl methyl sites for hydroxylation is 2. The van der Waals surface area contributed by atoms with Crippen molar-refractivity contribution in [2.24, 2.45) is 0 Å². The second-order valence-corrected chi connectivity index (χ2v) is 6.76. The molecule has 0 fully saturated rings. The summed E-state index contributed by atoms with van der Waals surface area (Å²) in [7, 11) is -3.84. The number of Topliss-reactive ketones (excluding diaryl/α,β-unsaturated/α-hetero) is 1. The van der Waals surface area contributed by atoms with Crippen LogP contribution < -0.4 is 0 Å². The van der Waals surface area contributed by atoms with Crippen LogP contribution in [0.5, 0.6) is 0 Å². The zero-order valence-electron chi connectivity index (χ0n) is 12.1. The van der Waals surface area contributed by atoms with Crippen LogP contribution in [0.3, 0.4) is 0 Å². The number of nitrogens with zero attached hydrogens (tertiary/aromatic N) is 2. The predicted molar refractivity (Wildman–Crippen MR) is 81.8 cm³/mol. The van der Waals surface area contributed by atoms with E-state index in [-0.39, 0.29) is 15.4 Å². The van der Waals surface area contributed by atoms with E-state index in [1.807, 2.05) is 0 Å². The molecule has 0 aliphatic rings. The molecule has 112 valence electrons. The minimum absolute atomic E-state index is 0.0129. The summed E-state index contributed by atoms with van der Waals surface area (Å²) >= 11 is 0. The molecule has 0 aliphatic heterocycles. The Morgan fingerprint density at radius 2 is 1.77 bits per heavy atom. The lowest BCUT2D eigenvalue weighted by Crippen LogP contribution is -2.12. The average Bonchev–Trinajstić information content (AvgIpc) is 2.47. The lowest BCUT2D eigenvalue weighted by molar-refractivity contribution is 0.00232. The largest absolute Gasteiger partial charge is 0.361 e. The number of rotatable bonds is 4. The molecule has 5 nitrogen and oxygen atoms in total. The lowest BCUT2D eigenvalue weighted by atomic mass is 10.1. The summed E-state index contributed by atoms with van der Waals surface area (Å²) in [5.41, 5.74) is 9.84. The number of benzene rings is 2. The number of carbonyl (C=O) groups is 1. The molecule has 0 heterocycles. The van der Waals surface area contributed by atoms with Gasteiger partial charge in [0.1, 0.15) is 0 Å². The number of carbonyl (C=O) groups excluding carboxylic acids is 1. The Labute approximate surface area is 128 Å². The highest BCUT2D eigenvalue weighted by Gasteiger charge is 2.26. The van der Waals surface area contributed by atoms with Gasteiger partial charge in [0.2, 0.25) is 9.84 Å². The van der Waals surface area contributed by atoms with Gasteiger partial charge in [0.05, 0.1) is 9.79 Å². The van der Waals surface area contributed by atoms with Crippen LogP contribution in [0, 0.1) is 13.8 Å². The van der Waals surface area contributed by atoms with Gasteiger partial charge >= 0.3 is 6.21 Å². The van der Waals surface area contributed by atoms with Crippen molar-refractivity contribution in [3.05, 3.63) is 64.7 Å². The van der Waals surface area contributed by atoms with Crippen molar-refractivity contribution in [1.29, 1.82) is 0 Å². The van der Waals surface area contributed by atoms with Crippen molar-refractivity contribution >= 4 is 21.8 Å². The first kappa shape index (κ1) is 15.8. The van der Waals surface area contributed by atoms with Gasteiger partial charge < -0.3 is 5.53 Å². The van der Waals surface area contributed by atoms with E-state index in [1.165, 1.54) is 18.2 Å². The molecule has 22 heavy (non-hydrogen) atoms. The minimum Gasteiger partial charge on any atom is -0.361 e. The molecule has 0 radical (unpaired) electrons. The van der Waals surface area contributed by atoms with Gasteiger partial charge in [-0.25, -0.2) is 8.42 Å². The van der Waals surface area contributed by atoms with E-state index in [0.717, 1.165) is 5.56 Å². The number of hydrogen-bond acceptors (Lipinski definition) is 3. The first-order valence-electron chi connectivity index (χ1n) is 6.51. The summed E-state index contributed by atoms with van der Waals surface area (Å²) in [6.07, 6.45) is 0.686. The van der Waals surface area contributed by atoms with Gasteiger partial charge in [-0.3, -0.25) is 4.79 Å². The minimum atomic E-state index is -3.84. The van der Waals surface area contributed by atoms with E-state index in [2.05, 4.69) is 4.79 Å². The number of hydrogen-bond donors (Lipinski definition) is 0. The van der Waals surface area contributed by atoms with Gasteiger partial charge in [-0.15, -0.1) is 0 Å². The van der Waals surface area contributed by atoms with Crippen molar-refractivity contribution in [3.63, 3.8) is 0 Å². The third kappa shape index (κ3) is 2.88. The van der Waals surface area contributed by atoms with Crippen LogP contribution in [0.2, 0.25) is 0 Å². The molecular weight excluding hydrogens is 300 g/mol. The van der Waals surface area contributed by atoms with Gasteiger partial charge in [-0.05, 0) is 37.6 Å². The quantitative estimate of drug-likeness (QED) is 0.376. The molecule has 2 aromatic carbocycles. The van der Waals surface area contributed by atoms with Gasteiger partial charge in [-0.1, -0.05) is 29.8 Å². The standard InChI is InChI=1S/C16H14N2O3S/c1-11-7-8-16(13(9-11)14(19)10-18-17)22(20,21)15-6-4-3-5-12(15)2/h3-10H,1-2H3. The van der Waals surface area contributed by atoms with Crippen molar-refractivity contribution in [3.8, 4) is 0 Å². The highest BCUT2D eigenvalue weighted by Crippen LogP contribution is 2.27. The summed E-state index contributed by atoms with van der Waals surface area (Å²) < 4.78 is 25.7. The van der Waals surface area contributed by atoms with Gasteiger partial charge in [0.15, 0.2) is 0 Å². The van der Waals surface area contributed by atoms with Crippen LogP contribution in [0.25, 0.3) is 5.53 Å².